The summed E-state index contributed by atoms with van der Waals surface area (Å²) in [4.78, 5) is 0. The summed E-state index contributed by atoms with van der Waals surface area (Å²) in [7, 11) is 0. The van der Waals surface area contributed by atoms with Gasteiger partial charge in [-0.3, -0.25) is 0 Å². The molecule has 0 atom stereocenters. The second kappa shape index (κ2) is 6.86. The number of thiophene rings is 1. The van der Waals surface area contributed by atoms with Crippen LogP contribution in [-0.2, 0) is 0 Å². The molecule has 1 heteroatoms. The Morgan fingerprint density at radius 3 is 0.784 bits per heavy atom. The van der Waals surface area contributed by atoms with E-state index in [0.29, 0.717) is 0 Å². The first-order valence-corrected chi connectivity index (χ1v) is 17.3. The number of hydrogen-bond donors (Lipinski definition) is 0. The van der Waals surface area contributed by atoms with Crippen molar-refractivity contribution in [1.82, 2.24) is 0 Å². The average Bonchev–Trinajstić information content (AvgIpc) is 3.40. The molecular formula is C36H40S. The second-order valence-corrected chi connectivity index (χ2v) is 16.0. The minimum atomic E-state index is 0.870. The van der Waals surface area contributed by atoms with Gasteiger partial charge in [0.25, 0.3) is 0 Å². The van der Waals surface area contributed by atoms with Gasteiger partial charge in [0.05, 0.1) is 0 Å². The summed E-state index contributed by atoms with van der Waals surface area (Å²) >= 11 is 2.37. The molecule has 1 aromatic heterocycles. The van der Waals surface area contributed by atoms with Crippen molar-refractivity contribution >= 4 is 31.5 Å². The number of hydrogen-bond acceptors (Lipinski definition) is 1. The van der Waals surface area contributed by atoms with Crippen LogP contribution in [0.2, 0.25) is 0 Å². The molecule has 3 aromatic rings. The Hall–Kier alpha value is -1.34. The molecular weight excluding hydrogens is 464 g/mol. The second-order valence-electron chi connectivity index (χ2n) is 15.0. The lowest BCUT2D eigenvalue weighted by Crippen LogP contribution is -2.31. The molecule has 0 N–H and O–H groups in total. The summed E-state index contributed by atoms with van der Waals surface area (Å²) in [6.07, 6.45) is 23.9. The van der Waals surface area contributed by atoms with Crippen molar-refractivity contribution in [3.63, 3.8) is 0 Å². The molecule has 15 rings (SSSR count). The zero-order valence-corrected chi connectivity index (χ0v) is 23.2. The molecule has 2 aromatic carbocycles. The lowest BCUT2D eigenvalue weighted by Gasteiger charge is -2.48. The topological polar surface area (TPSA) is 0 Å². The standard InChI is InChI=1S/C36H40S/c1-5-21-6-2-17(1)25-27-19-9-13-23(14-10-19)31(27)35-33(29(21)25)34-30-22-7-3-18(4-8-22)26(30)28-20-11-15-24(16-12-20)32(28)36(34)37-35/h17-24H,1-16H2. The highest BCUT2D eigenvalue weighted by Gasteiger charge is 2.48. The Labute approximate surface area is 225 Å². The van der Waals surface area contributed by atoms with Crippen LogP contribution in [-0.4, -0.2) is 0 Å². The third-order valence-corrected chi connectivity index (χ3v) is 15.1. The lowest BCUT2D eigenvalue weighted by atomic mass is 9.56. The molecule has 12 aliphatic carbocycles. The van der Waals surface area contributed by atoms with Gasteiger partial charge in [-0.05, 0) is 195 Å². The Morgan fingerprint density at radius 2 is 0.486 bits per heavy atom. The molecule has 0 radical (unpaired) electrons. The number of fused-ring (bicyclic) bond motifs is 11. The smallest absolute Gasteiger partial charge is 0.0396 e. The fourth-order valence-electron chi connectivity index (χ4n) is 12.5. The van der Waals surface area contributed by atoms with E-state index in [1.807, 2.05) is 64.7 Å². The van der Waals surface area contributed by atoms with Crippen LogP contribution in [0.5, 0.6) is 0 Å². The van der Waals surface area contributed by atoms with Crippen LogP contribution in [0.3, 0.4) is 0 Å². The molecule has 0 saturated heterocycles. The molecule has 190 valence electrons. The Kier molecular flexibility index (Phi) is 3.81. The average molecular weight is 505 g/mol. The minimum Gasteiger partial charge on any atom is -0.135 e. The Balaban J connectivity index is 1.38. The van der Waals surface area contributed by atoms with Gasteiger partial charge < -0.3 is 0 Å². The van der Waals surface area contributed by atoms with Gasteiger partial charge in [-0.25, -0.2) is 0 Å². The minimum absolute atomic E-state index is 0.870. The van der Waals surface area contributed by atoms with Crippen molar-refractivity contribution in [3.8, 4) is 0 Å². The normalized spacial score (nSPS) is 39.8. The molecule has 1 heterocycles. The number of benzene rings is 2. The first kappa shape index (κ1) is 20.5. The monoisotopic (exact) mass is 504 g/mol. The van der Waals surface area contributed by atoms with Crippen molar-refractivity contribution in [1.29, 1.82) is 0 Å². The molecule has 8 bridgehead atoms. The van der Waals surface area contributed by atoms with Gasteiger partial charge in [-0.1, -0.05) is 0 Å². The van der Waals surface area contributed by atoms with Crippen molar-refractivity contribution in [2.75, 3.05) is 0 Å². The highest BCUT2D eigenvalue weighted by molar-refractivity contribution is 7.26. The molecule has 0 amide bonds. The van der Waals surface area contributed by atoms with Crippen LogP contribution < -0.4 is 0 Å². The highest BCUT2D eigenvalue weighted by atomic mass is 32.1. The maximum atomic E-state index is 2.37. The highest BCUT2D eigenvalue weighted by Crippen LogP contribution is 2.67. The van der Waals surface area contributed by atoms with E-state index in [1.54, 1.807) is 0 Å². The van der Waals surface area contributed by atoms with Crippen LogP contribution in [0.15, 0.2) is 0 Å². The Bertz CT molecular complexity index is 1400. The van der Waals surface area contributed by atoms with Gasteiger partial charge in [0.15, 0.2) is 0 Å². The Morgan fingerprint density at radius 1 is 0.270 bits per heavy atom. The summed E-state index contributed by atoms with van der Waals surface area (Å²) in [6, 6.07) is 0. The van der Waals surface area contributed by atoms with Gasteiger partial charge >= 0.3 is 0 Å². The molecule has 0 aliphatic heterocycles. The molecule has 0 unspecified atom stereocenters. The van der Waals surface area contributed by atoms with E-state index in [4.69, 9.17) is 0 Å². The van der Waals surface area contributed by atoms with E-state index in [2.05, 4.69) is 11.3 Å². The molecule has 37 heavy (non-hydrogen) atoms. The molecule has 0 spiro atoms. The van der Waals surface area contributed by atoms with Gasteiger partial charge in [-0.2, -0.15) is 0 Å². The zero-order chi connectivity index (χ0) is 23.6. The van der Waals surface area contributed by atoms with Crippen molar-refractivity contribution < 1.29 is 0 Å². The zero-order valence-electron chi connectivity index (χ0n) is 22.3. The van der Waals surface area contributed by atoms with Gasteiger partial charge in [0.2, 0.25) is 0 Å². The summed E-state index contributed by atoms with van der Waals surface area (Å²) < 4.78 is 3.70. The fourth-order valence-corrected chi connectivity index (χ4v) is 14.1. The maximum Gasteiger partial charge on any atom is 0.0396 e. The van der Waals surface area contributed by atoms with Gasteiger partial charge in [0.1, 0.15) is 0 Å². The van der Waals surface area contributed by atoms with Crippen molar-refractivity contribution in [2.24, 2.45) is 0 Å². The predicted octanol–water partition coefficient (Wildman–Crippen LogP) is 11.1. The molecule has 12 aliphatic rings. The molecule has 4 fully saturated rings. The van der Waals surface area contributed by atoms with E-state index in [0.717, 1.165) is 47.3 Å². The van der Waals surface area contributed by atoms with Crippen molar-refractivity contribution in [2.45, 2.75) is 150 Å². The van der Waals surface area contributed by atoms with E-state index in [-0.39, 0.29) is 0 Å². The summed E-state index contributed by atoms with van der Waals surface area (Å²) in [5, 5.41) is 3.78. The predicted molar refractivity (Wildman–Crippen MR) is 155 cm³/mol. The third-order valence-electron chi connectivity index (χ3n) is 13.9. The maximum absolute atomic E-state index is 2.37. The first-order chi connectivity index (χ1) is 18.3. The van der Waals surface area contributed by atoms with E-state index >= 15 is 0 Å². The van der Waals surface area contributed by atoms with E-state index in [1.165, 1.54) is 103 Å². The van der Waals surface area contributed by atoms with Crippen LogP contribution in [0, 0.1) is 0 Å². The summed E-state index contributed by atoms with van der Waals surface area (Å²) in [6.45, 7) is 0. The van der Waals surface area contributed by atoms with Crippen LogP contribution >= 0.6 is 11.3 Å². The summed E-state index contributed by atoms with van der Waals surface area (Å²) in [5.74, 6) is 7.09. The van der Waals surface area contributed by atoms with Crippen molar-refractivity contribution in [3.05, 3.63) is 44.5 Å². The summed E-state index contributed by atoms with van der Waals surface area (Å²) in [5.41, 5.74) is 15.7. The van der Waals surface area contributed by atoms with Crippen LogP contribution in [0.4, 0.5) is 0 Å². The van der Waals surface area contributed by atoms with E-state index in [9.17, 15) is 0 Å². The molecule has 4 saturated carbocycles. The largest absolute Gasteiger partial charge is 0.135 e. The quantitative estimate of drug-likeness (QED) is 0.285. The van der Waals surface area contributed by atoms with Crippen LogP contribution in [0.25, 0.3) is 20.2 Å². The van der Waals surface area contributed by atoms with E-state index < -0.39 is 0 Å². The molecule has 0 nitrogen and oxygen atoms in total. The third kappa shape index (κ3) is 2.30. The fraction of sp³-hybridized carbons (Fsp3) is 0.667. The lowest BCUT2D eigenvalue weighted by molar-refractivity contribution is 0.329. The first-order valence-electron chi connectivity index (χ1n) is 16.5. The SMILES string of the molecule is C1CC2CCC1c1c3c(c4c(sc5c6c(c7c(c54)C4CCC7CC4)C4CCC6CC4)c12)C1CCC3CC1. The van der Waals surface area contributed by atoms with Gasteiger partial charge in [0, 0.05) is 20.2 Å². The van der Waals surface area contributed by atoms with Gasteiger partial charge in [-0.15, -0.1) is 11.3 Å². The number of rotatable bonds is 0. The van der Waals surface area contributed by atoms with Crippen LogP contribution in [0.1, 0.15) is 195 Å².